The van der Waals surface area contributed by atoms with Gasteiger partial charge in [-0.15, -0.1) is 0 Å². The zero-order valence-corrected chi connectivity index (χ0v) is 13.7. The molecule has 5 aliphatic carbocycles. The average molecular weight is 298 g/mol. The third kappa shape index (κ3) is 1.35. The van der Waals surface area contributed by atoms with Crippen LogP contribution in [0.5, 0.6) is 0 Å². The molecule has 0 heterocycles. The van der Waals surface area contributed by atoms with Crippen molar-refractivity contribution in [1.29, 1.82) is 0 Å². The van der Waals surface area contributed by atoms with Crippen LogP contribution in [0.25, 0.3) is 0 Å². The molecule has 1 N–H and O–H groups in total. The first-order chi connectivity index (χ1) is 10.5. The topological polar surface area (TPSA) is 37.3 Å². The zero-order chi connectivity index (χ0) is 15.3. The highest BCUT2D eigenvalue weighted by Crippen LogP contribution is 2.76. The van der Waals surface area contributed by atoms with Crippen LogP contribution >= 0.6 is 0 Å². The summed E-state index contributed by atoms with van der Waals surface area (Å²) in [5, 5.41) is 10.4. The van der Waals surface area contributed by atoms with Gasteiger partial charge in [0.25, 0.3) is 0 Å². The summed E-state index contributed by atoms with van der Waals surface area (Å²) >= 11 is 0. The van der Waals surface area contributed by atoms with Crippen LogP contribution in [-0.4, -0.2) is 17.0 Å². The van der Waals surface area contributed by atoms with E-state index < -0.39 is 0 Å². The van der Waals surface area contributed by atoms with E-state index >= 15 is 0 Å². The first-order valence-electron chi connectivity index (χ1n) is 9.13. The third-order valence-corrected chi connectivity index (χ3v) is 8.13. The Hall–Kier alpha value is -0.890. The molecule has 1 spiro atoms. The summed E-state index contributed by atoms with van der Waals surface area (Å²) in [6.07, 6.45) is 8.70. The normalized spacial score (nSPS) is 49.6. The molecule has 0 saturated heterocycles. The maximum Gasteiger partial charge on any atom is 0.158 e. The number of fused-ring (bicyclic) bond motifs is 2. The van der Waals surface area contributed by atoms with Crippen LogP contribution in [0.1, 0.15) is 65.2 Å². The van der Waals surface area contributed by atoms with E-state index in [0.29, 0.717) is 17.1 Å². The molecule has 5 aliphatic rings. The van der Waals surface area contributed by atoms with E-state index in [-0.39, 0.29) is 11.5 Å². The van der Waals surface area contributed by atoms with Crippen molar-refractivity contribution in [3.05, 3.63) is 22.3 Å². The smallest absolute Gasteiger partial charge is 0.158 e. The summed E-state index contributed by atoms with van der Waals surface area (Å²) in [7, 11) is 0. The second-order valence-corrected chi connectivity index (χ2v) is 8.71. The van der Waals surface area contributed by atoms with Crippen LogP contribution in [0, 0.1) is 22.7 Å². The van der Waals surface area contributed by atoms with E-state index in [2.05, 4.69) is 13.8 Å². The quantitative estimate of drug-likeness (QED) is 0.688. The molecule has 2 fully saturated rings. The molecule has 0 aromatic heterocycles. The second kappa shape index (κ2) is 3.95. The van der Waals surface area contributed by atoms with E-state index in [1.807, 2.05) is 0 Å². The lowest BCUT2D eigenvalue weighted by atomic mass is 9.55. The summed E-state index contributed by atoms with van der Waals surface area (Å²) in [5.74, 6) is 1.68. The Bertz CT molecular complexity index is 655. The van der Waals surface area contributed by atoms with Gasteiger partial charge in [0, 0.05) is 17.3 Å². The highest BCUT2D eigenvalue weighted by molar-refractivity contribution is 5.97. The van der Waals surface area contributed by atoms with Gasteiger partial charge in [-0.3, -0.25) is 4.79 Å². The number of carbonyl (C=O) groups is 1. The second-order valence-electron chi connectivity index (χ2n) is 8.71. The van der Waals surface area contributed by atoms with Crippen molar-refractivity contribution in [2.24, 2.45) is 22.7 Å². The summed E-state index contributed by atoms with van der Waals surface area (Å²) in [6.45, 7) is 4.47. The number of hydrogen-bond donors (Lipinski definition) is 1. The Morgan fingerprint density at radius 3 is 2.64 bits per heavy atom. The fourth-order valence-electron chi connectivity index (χ4n) is 6.96. The number of rotatable bonds is 0. The summed E-state index contributed by atoms with van der Waals surface area (Å²) in [4.78, 5) is 12.1. The van der Waals surface area contributed by atoms with Crippen molar-refractivity contribution >= 4 is 5.78 Å². The van der Waals surface area contributed by atoms with Crippen LogP contribution in [0.4, 0.5) is 0 Å². The molecule has 2 saturated carbocycles. The Kier molecular flexibility index (Phi) is 2.43. The minimum Gasteiger partial charge on any atom is -0.393 e. The van der Waals surface area contributed by atoms with E-state index in [4.69, 9.17) is 0 Å². The maximum atomic E-state index is 12.1. The van der Waals surface area contributed by atoms with Gasteiger partial charge in [-0.25, -0.2) is 0 Å². The predicted molar refractivity (Wildman–Crippen MR) is 85.2 cm³/mol. The fourth-order valence-corrected chi connectivity index (χ4v) is 6.96. The molecular weight excluding hydrogens is 272 g/mol. The van der Waals surface area contributed by atoms with Gasteiger partial charge in [-0.2, -0.15) is 0 Å². The lowest BCUT2D eigenvalue weighted by Crippen LogP contribution is -2.38. The van der Waals surface area contributed by atoms with Gasteiger partial charge in [0.2, 0.25) is 0 Å². The number of aliphatic hydroxyl groups excluding tert-OH is 1. The molecule has 2 heteroatoms. The molecule has 22 heavy (non-hydrogen) atoms. The van der Waals surface area contributed by atoms with Crippen molar-refractivity contribution in [1.82, 2.24) is 0 Å². The van der Waals surface area contributed by atoms with E-state index in [1.165, 1.54) is 24.8 Å². The molecule has 2 nitrogen and oxygen atoms in total. The third-order valence-electron chi connectivity index (χ3n) is 8.13. The molecular formula is C20H26O2. The van der Waals surface area contributed by atoms with E-state index in [1.54, 1.807) is 11.1 Å². The highest BCUT2D eigenvalue weighted by atomic mass is 16.3. The predicted octanol–water partition coefficient (Wildman–Crippen LogP) is 3.94. The van der Waals surface area contributed by atoms with Gasteiger partial charge in [-0.1, -0.05) is 23.6 Å². The molecule has 0 aromatic carbocycles. The molecule has 0 radical (unpaired) electrons. The molecule has 0 aliphatic heterocycles. The molecule has 0 amide bonds. The Morgan fingerprint density at radius 1 is 1.09 bits per heavy atom. The average Bonchev–Trinajstić information content (AvgIpc) is 3.17. The van der Waals surface area contributed by atoms with Gasteiger partial charge >= 0.3 is 0 Å². The standard InChI is InChI=1S/C20H26O2/c1-11-13-5-6-15-14(19(13,2)8-7-17(11)21)4-3-12-9-18(22)16-10-20(12,15)16/h12,16,18,22H,3-10H2,1-2H3. The summed E-state index contributed by atoms with van der Waals surface area (Å²) < 4.78 is 0. The number of aliphatic hydroxyl groups is 1. The maximum absolute atomic E-state index is 12.1. The summed E-state index contributed by atoms with van der Waals surface area (Å²) in [5.41, 5.74) is 6.49. The minimum atomic E-state index is -0.0451. The fraction of sp³-hybridized carbons (Fsp3) is 0.750. The van der Waals surface area contributed by atoms with Crippen molar-refractivity contribution in [2.75, 3.05) is 0 Å². The Balaban J connectivity index is 1.67. The summed E-state index contributed by atoms with van der Waals surface area (Å²) in [6, 6.07) is 0. The van der Waals surface area contributed by atoms with E-state index in [0.717, 1.165) is 43.6 Å². The number of allylic oxidation sites excluding steroid dienone is 4. The molecule has 5 atom stereocenters. The lowest BCUT2D eigenvalue weighted by molar-refractivity contribution is -0.116. The highest BCUT2D eigenvalue weighted by Gasteiger charge is 2.70. The monoisotopic (exact) mass is 298 g/mol. The Morgan fingerprint density at radius 2 is 1.86 bits per heavy atom. The van der Waals surface area contributed by atoms with Gasteiger partial charge in [0.15, 0.2) is 5.78 Å². The van der Waals surface area contributed by atoms with Crippen LogP contribution in [0.15, 0.2) is 22.3 Å². The largest absolute Gasteiger partial charge is 0.393 e. The SMILES string of the molecule is CC1=C2CCC3=C(CCC4CC(O)C5CC345)C2(C)CCC1=O. The Labute approximate surface area is 132 Å². The minimum absolute atomic E-state index is 0.0451. The molecule has 5 unspecified atom stereocenters. The molecule has 0 aromatic rings. The van der Waals surface area contributed by atoms with Crippen LogP contribution in [-0.2, 0) is 4.79 Å². The van der Waals surface area contributed by atoms with Gasteiger partial charge in [-0.05, 0) is 69.3 Å². The van der Waals surface area contributed by atoms with Crippen molar-refractivity contribution < 1.29 is 9.90 Å². The van der Waals surface area contributed by atoms with Crippen molar-refractivity contribution in [3.63, 3.8) is 0 Å². The van der Waals surface area contributed by atoms with E-state index in [9.17, 15) is 9.90 Å². The van der Waals surface area contributed by atoms with Gasteiger partial charge < -0.3 is 5.11 Å². The number of carbonyl (C=O) groups excluding carboxylic acids is 1. The lowest BCUT2D eigenvalue weighted by Gasteiger charge is -2.49. The zero-order valence-electron chi connectivity index (χ0n) is 13.7. The molecule has 5 rings (SSSR count). The van der Waals surface area contributed by atoms with Gasteiger partial charge in [0.1, 0.15) is 0 Å². The number of Topliss-reactive ketones (excluding diaryl/α,β-unsaturated/α-hetero) is 1. The van der Waals surface area contributed by atoms with Crippen LogP contribution < -0.4 is 0 Å². The van der Waals surface area contributed by atoms with Crippen LogP contribution in [0.2, 0.25) is 0 Å². The van der Waals surface area contributed by atoms with Crippen LogP contribution in [0.3, 0.4) is 0 Å². The first-order valence-corrected chi connectivity index (χ1v) is 9.13. The molecule has 0 bridgehead atoms. The number of ketones is 1. The van der Waals surface area contributed by atoms with Crippen molar-refractivity contribution in [2.45, 2.75) is 71.3 Å². The first kappa shape index (κ1) is 13.5. The molecule has 118 valence electrons. The van der Waals surface area contributed by atoms with Gasteiger partial charge in [0.05, 0.1) is 6.10 Å². The number of hydrogen-bond acceptors (Lipinski definition) is 2. The van der Waals surface area contributed by atoms with Crippen molar-refractivity contribution in [3.8, 4) is 0 Å².